The lowest BCUT2D eigenvalue weighted by Crippen LogP contribution is -2.41. The second-order valence-corrected chi connectivity index (χ2v) is 15.3. The van der Waals surface area contributed by atoms with E-state index in [-0.39, 0.29) is 7.92 Å². The van der Waals surface area contributed by atoms with E-state index in [1.165, 1.54) is 16.1 Å². The predicted molar refractivity (Wildman–Crippen MR) is 193 cm³/mol. The van der Waals surface area contributed by atoms with E-state index in [4.69, 9.17) is 24.3 Å². The topological polar surface area (TPSA) is 57.1 Å². The van der Waals surface area contributed by atoms with Crippen LogP contribution in [-0.4, -0.2) is 46.6 Å². The first kappa shape index (κ1) is 30.4. The summed E-state index contributed by atoms with van der Waals surface area (Å²) in [6.45, 7) is 12.9. The summed E-state index contributed by atoms with van der Waals surface area (Å²) >= 11 is 0. The average molecular weight is 622 g/mol. The van der Waals surface area contributed by atoms with Gasteiger partial charge < -0.3 is 9.31 Å². The molecule has 6 aromatic rings. The van der Waals surface area contributed by atoms with E-state index in [1.54, 1.807) is 0 Å². The van der Waals surface area contributed by atoms with Gasteiger partial charge in [-0.05, 0) is 73.7 Å². The molecule has 5 aromatic carbocycles. The fourth-order valence-electron chi connectivity index (χ4n) is 5.94. The van der Waals surface area contributed by atoms with Crippen molar-refractivity contribution in [3.05, 3.63) is 115 Å². The van der Waals surface area contributed by atoms with E-state index >= 15 is 0 Å². The van der Waals surface area contributed by atoms with Crippen LogP contribution in [0.2, 0.25) is 0 Å². The zero-order chi connectivity index (χ0) is 32.1. The molecule has 0 radical (unpaired) electrons. The van der Waals surface area contributed by atoms with Gasteiger partial charge in [-0.1, -0.05) is 123 Å². The van der Waals surface area contributed by atoms with Gasteiger partial charge in [-0.15, -0.1) is 0 Å². The Morgan fingerprint density at radius 1 is 0.522 bits per heavy atom. The maximum absolute atomic E-state index is 6.51. The van der Waals surface area contributed by atoms with Crippen LogP contribution in [0, 0.1) is 0 Å². The van der Waals surface area contributed by atoms with Crippen molar-refractivity contribution in [1.82, 2.24) is 15.0 Å². The quantitative estimate of drug-likeness (QED) is 0.138. The van der Waals surface area contributed by atoms with E-state index in [2.05, 4.69) is 95.6 Å². The largest absolute Gasteiger partial charge is 0.494 e. The first-order valence-electron chi connectivity index (χ1n) is 15.7. The number of fused-ring (bicyclic) bond motifs is 1. The number of nitrogens with zero attached hydrogens (tertiary/aromatic N) is 3. The molecule has 7 rings (SSSR count). The van der Waals surface area contributed by atoms with Crippen LogP contribution in [-0.2, 0) is 9.31 Å². The highest BCUT2D eigenvalue weighted by molar-refractivity contribution is 7.64. The summed E-state index contributed by atoms with van der Waals surface area (Å²) in [7, 11) is -0.808. The van der Waals surface area contributed by atoms with Crippen LogP contribution >= 0.6 is 7.92 Å². The third kappa shape index (κ3) is 5.56. The third-order valence-corrected chi connectivity index (χ3v) is 10.5. The van der Waals surface area contributed by atoms with Crippen molar-refractivity contribution in [1.29, 1.82) is 0 Å². The minimum atomic E-state index is -0.523. The Bertz CT molecular complexity index is 1970. The SMILES string of the molecule is CP(C)c1ccc(-c2ccc(B3OC(C)(C)C(C)(C)O3)cc2-c2nc(-c3ccccc3)nc(-c3ccccc3)n2)c2ccccc12. The van der Waals surface area contributed by atoms with Crippen molar-refractivity contribution in [3.63, 3.8) is 0 Å². The highest BCUT2D eigenvalue weighted by Gasteiger charge is 2.51. The van der Waals surface area contributed by atoms with Gasteiger partial charge in [-0.25, -0.2) is 15.0 Å². The Balaban J connectivity index is 1.49. The zero-order valence-electron chi connectivity index (χ0n) is 27.2. The van der Waals surface area contributed by atoms with Crippen LogP contribution in [0.3, 0.4) is 0 Å². The van der Waals surface area contributed by atoms with E-state index in [0.717, 1.165) is 33.3 Å². The number of hydrogen-bond acceptors (Lipinski definition) is 5. The van der Waals surface area contributed by atoms with Crippen molar-refractivity contribution in [2.75, 3.05) is 13.3 Å². The normalized spacial score (nSPS) is 15.5. The summed E-state index contributed by atoms with van der Waals surface area (Å²) in [6, 6.07) is 39.9. The van der Waals surface area contributed by atoms with Crippen molar-refractivity contribution >= 4 is 36.6 Å². The summed E-state index contributed by atoms with van der Waals surface area (Å²) in [5.74, 6) is 1.85. The Hall–Kier alpha value is -4.22. The van der Waals surface area contributed by atoms with Crippen LogP contribution in [0.1, 0.15) is 27.7 Å². The first-order valence-corrected chi connectivity index (χ1v) is 17.9. The van der Waals surface area contributed by atoms with Crippen LogP contribution < -0.4 is 10.8 Å². The third-order valence-electron chi connectivity index (χ3n) is 9.18. The highest BCUT2D eigenvalue weighted by Crippen LogP contribution is 2.40. The van der Waals surface area contributed by atoms with Crippen molar-refractivity contribution in [2.45, 2.75) is 38.9 Å². The Morgan fingerprint density at radius 2 is 1.02 bits per heavy atom. The summed E-state index contributed by atoms with van der Waals surface area (Å²) < 4.78 is 13.0. The molecule has 1 aliphatic rings. The lowest BCUT2D eigenvalue weighted by atomic mass is 9.77. The van der Waals surface area contributed by atoms with E-state index in [1.807, 2.05) is 60.7 Å². The van der Waals surface area contributed by atoms with Gasteiger partial charge in [0.05, 0.1) is 11.2 Å². The average Bonchev–Trinajstić information content (AvgIpc) is 3.30. The lowest BCUT2D eigenvalue weighted by molar-refractivity contribution is 0.00578. The van der Waals surface area contributed by atoms with Crippen LogP contribution in [0.25, 0.3) is 56.1 Å². The van der Waals surface area contributed by atoms with E-state index < -0.39 is 18.3 Å². The van der Waals surface area contributed by atoms with Gasteiger partial charge in [-0.2, -0.15) is 0 Å². The maximum Gasteiger partial charge on any atom is 0.494 e. The number of aromatic nitrogens is 3. The van der Waals surface area contributed by atoms with Crippen LogP contribution in [0.4, 0.5) is 0 Å². The van der Waals surface area contributed by atoms with Gasteiger partial charge in [0, 0.05) is 16.7 Å². The van der Waals surface area contributed by atoms with Gasteiger partial charge in [0.15, 0.2) is 17.5 Å². The monoisotopic (exact) mass is 621 g/mol. The maximum atomic E-state index is 6.51. The minimum absolute atomic E-state index is 0.284. The van der Waals surface area contributed by atoms with E-state index in [0.29, 0.717) is 17.5 Å². The van der Waals surface area contributed by atoms with Gasteiger partial charge in [0.2, 0.25) is 0 Å². The van der Waals surface area contributed by atoms with Crippen molar-refractivity contribution in [2.24, 2.45) is 0 Å². The Labute approximate surface area is 273 Å². The zero-order valence-corrected chi connectivity index (χ0v) is 28.0. The second kappa shape index (κ2) is 11.9. The molecule has 7 heteroatoms. The van der Waals surface area contributed by atoms with Gasteiger partial charge in [0.1, 0.15) is 0 Å². The molecule has 0 aliphatic carbocycles. The first-order chi connectivity index (χ1) is 22.1. The summed E-state index contributed by atoms with van der Waals surface area (Å²) in [5.41, 5.74) is 4.94. The molecule has 0 unspecified atom stereocenters. The van der Waals surface area contributed by atoms with Gasteiger partial charge in [-0.3, -0.25) is 0 Å². The molecule has 0 saturated carbocycles. The lowest BCUT2D eigenvalue weighted by Gasteiger charge is -2.32. The number of hydrogen-bond donors (Lipinski definition) is 0. The molecule has 228 valence electrons. The minimum Gasteiger partial charge on any atom is -0.399 e. The predicted octanol–water partition coefficient (Wildman–Crippen LogP) is 8.36. The van der Waals surface area contributed by atoms with Crippen molar-refractivity contribution in [3.8, 4) is 45.3 Å². The highest BCUT2D eigenvalue weighted by atomic mass is 31.1. The number of benzene rings is 5. The Morgan fingerprint density at radius 3 is 1.59 bits per heavy atom. The Kier molecular flexibility index (Phi) is 7.85. The second-order valence-electron chi connectivity index (χ2n) is 13.0. The molecular formula is C39H37BN3O2P. The molecule has 0 spiro atoms. The van der Waals surface area contributed by atoms with Gasteiger partial charge in [0.25, 0.3) is 0 Å². The fraction of sp³-hybridized carbons (Fsp3) is 0.205. The van der Waals surface area contributed by atoms with Crippen LogP contribution in [0.5, 0.6) is 0 Å². The molecule has 1 aliphatic heterocycles. The van der Waals surface area contributed by atoms with E-state index in [9.17, 15) is 0 Å². The summed E-state index contributed by atoms with van der Waals surface area (Å²) in [4.78, 5) is 15.2. The number of rotatable bonds is 6. The summed E-state index contributed by atoms with van der Waals surface area (Å²) in [6.07, 6.45) is 0. The molecule has 0 amide bonds. The fourth-order valence-corrected chi connectivity index (χ4v) is 6.99. The molecule has 1 aromatic heterocycles. The molecule has 1 saturated heterocycles. The molecule has 1 fully saturated rings. The molecule has 2 heterocycles. The molecule has 0 bridgehead atoms. The smallest absolute Gasteiger partial charge is 0.399 e. The van der Waals surface area contributed by atoms with Crippen LogP contribution in [0.15, 0.2) is 115 Å². The van der Waals surface area contributed by atoms with Gasteiger partial charge >= 0.3 is 7.12 Å². The van der Waals surface area contributed by atoms with Crippen molar-refractivity contribution < 1.29 is 9.31 Å². The summed E-state index contributed by atoms with van der Waals surface area (Å²) in [5, 5.41) is 3.88. The molecule has 46 heavy (non-hydrogen) atoms. The standard InChI is InChI=1S/C39H37BN3O2P/c1-38(2)39(3,4)45-40(44-38)28-21-22-31(30-23-24-34(46(5)6)32-20-14-13-19-29(30)32)33(25-28)37-42-35(26-15-9-7-10-16-26)41-36(43-37)27-17-11-8-12-18-27/h7-25H,1-6H3. The molecule has 0 atom stereocenters. The molecule has 0 N–H and O–H groups in total. The molecule has 5 nitrogen and oxygen atoms in total. The molecular weight excluding hydrogens is 584 g/mol.